The number of rotatable bonds is 17. The van der Waals surface area contributed by atoms with E-state index >= 15 is 0 Å². The number of carboxylic acid groups (broad SMARTS) is 2. The number of allylic oxidation sites excluding steroid dienone is 1. The zero-order valence-electron chi connectivity index (χ0n) is 28.2. The second-order valence-corrected chi connectivity index (χ2v) is 13.1. The quantitative estimate of drug-likeness (QED) is 0.0914. The largest absolute Gasteiger partial charge is 0.479 e. The van der Waals surface area contributed by atoms with E-state index in [9.17, 15) is 39.6 Å². The van der Waals surface area contributed by atoms with Crippen LogP contribution in [0.5, 0.6) is 0 Å². The zero-order valence-corrected chi connectivity index (χ0v) is 28.2. The Morgan fingerprint density at radius 3 is 2.29 bits per heavy atom. The second-order valence-electron chi connectivity index (χ2n) is 13.1. The summed E-state index contributed by atoms with van der Waals surface area (Å²) in [6.07, 6.45) is -2.71. The number of esters is 2. The molecule has 2 saturated heterocycles. The molecule has 3 rings (SSSR count). The van der Waals surface area contributed by atoms with E-state index in [4.69, 9.17) is 24.7 Å². The Bertz CT molecular complexity index is 1370. The number of aliphatic carboxylic acids is 2. The van der Waals surface area contributed by atoms with E-state index < -0.39 is 71.8 Å². The third-order valence-corrected chi connectivity index (χ3v) is 9.39. The summed E-state index contributed by atoms with van der Waals surface area (Å²) in [5.74, 6) is -8.03. The van der Waals surface area contributed by atoms with Gasteiger partial charge in [0.25, 0.3) is 0 Å². The number of fused-ring (bicyclic) bond motifs is 2. The molecule has 0 spiro atoms. The van der Waals surface area contributed by atoms with Gasteiger partial charge in [0, 0.05) is 31.9 Å². The minimum absolute atomic E-state index is 0.0578. The highest BCUT2D eigenvalue weighted by Gasteiger charge is 2.84. The number of nitrogens with two attached hydrogens (primary N) is 1. The number of aliphatic hydroxyl groups excluding tert-OH is 1. The molecular weight excluding hydrogens is 626 g/mol. The van der Waals surface area contributed by atoms with Gasteiger partial charge in [-0.1, -0.05) is 77.1 Å². The molecule has 48 heavy (non-hydrogen) atoms. The van der Waals surface area contributed by atoms with Crippen LogP contribution < -0.4 is 5.73 Å². The number of ether oxygens (including phenoxy) is 4. The van der Waals surface area contributed by atoms with Gasteiger partial charge in [0.05, 0.1) is 0 Å². The molecule has 13 nitrogen and oxygen atoms in total. The second kappa shape index (κ2) is 15.7. The highest BCUT2D eigenvalue weighted by Crippen LogP contribution is 2.55. The number of carbonyl (C=O) groups excluding carboxylic acids is 2. The monoisotopic (exact) mass is 675 g/mol. The molecule has 1 aromatic carbocycles. The summed E-state index contributed by atoms with van der Waals surface area (Å²) in [6.45, 7) is 12.5. The SMILES string of the molecule is C=C(CC[C@]12O[C@H](CN)[C@@](O)(C(=O)O)[C@](C(=O)O)(O1)[C@H](OC(=O)/C=C/[C@H](C)C[C@H](C)CC)[C@H]2O)[C@H](OC(C)=O)[C@@H](C)Cc1ccccc1. The average molecular weight is 676 g/mol. The van der Waals surface area contributed by atoms with Crippen molar-refractivity contribution in [2.45, 2.75) is 108 Å². The first-order valence-corrected chi connectivity index (χ1v) is 16.2. The molecule has 0 amide bonds. The molecule has 2 aliphatic heterocycles. The molecule has 1 aromatic rings. The van der Waals surface area contributed by atoms with Crippen LogP contribution in [0.1, 0.15) is 65.9 Å². The summed E-state index contributed by atoms with van der Waals surface area (Å²) in [5, 5.41) is 43.9. The molecule has 2 aliphatic rings. The molecule has 13 heteroatoms. The van der Waals surface area contributed by atoms with Gasteiger partial charge in [-0.2, -0.15) is 0 Å². The van der Waals surface area contributed by atoms with Crippen molar-refractivity contribution < 1.29 is 58.6 Å². The Hall–Kier alpha value is -3.62. The summed E-state index contributed by atoms with van der Waals surface area (Å²) in [5.41, 5.74) is 0.533. The van der Waals surface area contributed by atoms with Gasteiger partial charge >= 0.3 is 23.9 Å². The number of benzene rings is 1. The fourth-order valence-corrected chi connectivity index (χ4v) is 6.68. The van der Waals surface area contributed by atoms with E-state index in [0.717, 1.165) is 24.5 Å². The first kappa shape index (κ1) is 38.8. The van der Waals surface area contributed by atoms with Crippen LogP contribution in [-0.4, -0.2) is 92.3 Å². The van der Waals surface area contributed by atoms with Crippen molar-refractivity contribution in [1.82, 2.24) is 0 Å². The lowest BCUT2D eigenvalue weighted by Crippen LogP contribution is -2.77. The average Bonchev–Trinajstić information content (AvgIpc) is 3.25. The molecule has 0 aromatic heterocycles. The lowest BCUT2D eigenvalue weighted by Gasteiger charge is -2.50. The molecule has 0 aliphatic carbocycles. The predicted molar refractivity (Wildman–Crippen MR) is 172 cm³/mol. The van der Waals surface area contributed by atoms with Crippen molar-refractivity contribution in [2.24, 2.45) is 23.5 Å². The Labute approximate surface area is 280 Å². The molecule has 6 N–H and O–H groups in total. The van der Waals surface area contributed by atoms with Crippen molar-refractivity contribution in [3.63, 3.8) is 0 Å². The van der Waals surface area contributed by atoms with Crippen LogP contribution in [0.2, 0.25) is 0 Å². The van der Waals surface area contributed by atoms with Crippen LogP contribution in [0.25, 0.3) is 0 Å². The van der Waals surface area contributed by atoms with Gasteiger partial charge < -0.3 is 45.1 Å². The molecule has 0 saturated carbocycles. The van der Waals surface area contributed by atoms with Crippen molar-refractivity contribution >= 4 is 23.9 Å². The molecular formula is C35H49NO12. The fraction of sp³-hybridized carbons (Fsp3) is 0.600. The Balaban J connectivity index is 1.97. The molecule has 266 valence electrons. The zero-order chi connectivity index (χ0) is 36.0. The summed E-state index contributed by atoms with van der Waals surface area (Å²) in [7, 11) is 0. The van der Waals surface area contributed by atoms with Crippen LogP contribution in [0.15, 0.2) is 54.6 Å². The van der Waals surface area contributed by atoms with Crippen LogP contribution in [-0.2, 0) is 44.5 Å². The number of hydrogen-bond donors (Lipinski definition) is 5. The van der Waals surface area contributed by atoms with Gasteiger partial charge in [0.15, 0.2) is 6.10 Å². The van der Waals surface area contributed by atoms with Gasteiger partial charge in [0.2, 0.25) is 17.0 Å². The van der Waals surface area contributed by atoms with Crippen molar-refractivity contribution in [1.29, 1.82) is 0 Å². The molecule has 0 radical (unpaired) electrons. The Kier molecular flexibility index (Phi) is 12.7. The Morgan fingerprint density at radius 1 is 1.10 bits per heavy atom. The summed E-state index contributed by atoms with van der Waals surface area (Å²) >= 11 is 0. The van der Waals surface area contributed by atoms with Crippen LogP contribution in [0.4, 0.5) is 0 Å². The van der Waals surface area contributed by atoms with Crippen LogP contribution in [0, 0.1) is 17.8 Å². The first-order chi connectivity index (χ1) is 22.5. The summed E-state index contributed by atoms with van der Waals surface area (Å²) in [6, 6.07) is 9.48. The minimum Gasteiger partial charge on any atom is -0.479 e. The number of carboxylic acids is 2. The Morgan fingerprint density at radius 2 is 1.75 bits per heavy atom. The van der Waals surface area contributed by atoms with Gasteiger partial charge in [-0.3, -0.25) is 4.79 Å². The van der Waals surface area contributed by atoms with Gasteiger partial charge in [-0.15, -0.1) is 0 Å². The third-order valence-electron chi connectivity index (χ3n) is 9.39. The van der Waals surface area contributed by atoms with Crippen LogP contribution in [0.3, 0.4) is 0 Å². The van der Waals surface area contributed by atoms with Gasteiger partial charge in [-0.25, -0.2) is 14.4 Å². The topological polar surface area (TPSA) is 212 Å². The van der Waals surface area contributed by atoms with E-state index in [0.29, 0.717) is 17.9 Å². The maximum absolute atomic E-state index is 13.1. The first-order valence-electron chi connectivity index (χ1n) is 16.2. The molecule has 2 heterocycles. The van der Waals surface area contributed by atoms with Crippen molar-refractivity contribution in [2.75, 3.05) is 6.54 Å². The van der Waals surface area contributed by atoms with Crippen LogP contribution >= 0.6 is 0 Å². The standard InChI is InChI=1S/C35H49NO12/c1-7-20(2)17-21(3)13-14-27(38)46-30-29(39)33(47-26(19-36)34(44,31(40)41)35(30,48-33)32(42)43)16-15-22(4)28(45-24(6)37)23(5)18-25-11-9-8-10-12-25/h8-14,20-21,23,26,28-30,39,44H,4,7,15-19,36H2,1-3,5-6H3,(H,40,41)(H,42,43)/b14-13+/t20-,21+,23+,26-,28+,29-,30-,33+,34-,35+/m1/s1. The summed E-state index contributed by atoms with van der Waals surface area (Å²) < 4.78 is 22.7. The number of hydrogen-bond acceptors (Lipinski definition) is 11. The lowest BCUT2D eigenvalue weighted by atomic mass is 9.74. The smallest absolute Gasteiger partial charge is 0.344 e. The summed E-state index contributed by atoms with van der Waals surface area (Å²) in [4.78, 5) is 50.7. The lowest BCUT2D eigenvalue weighted by molar-refractivity contribution is -0.377. The van der Waals surface area contributed by atoms with Gasteiger partial charge in [0.1, 0.15) is 18.3 Å². The van der Waals surface area contributed by atoms with E-state index in [-0.39, 0.29) is 24.7 Å². The minimum atomic E-state index is -3.39. The molecule has 0 unspecified atom stereocenters. The maximum atomic E-state index is 13.1. The normalized spacial score (nSPS) is 30.6. The molecule has 2 fully saturated rings. The highest BCUT2D eigenvalue weighted by atomic mass is 16.8. The third kappa shape index (κ3) is 7.65. The van der Waals surface area contributed by atoms with E-state index in [2.05, 4.69) is 13.5 Å². The van der Waals surface area contributed by atoms with Gasteiger partial charge in [-0.05, 0) is 42.2 Å². The maximum Gasteiger partial charge on any atom is 0.344 e. The highest BCUT2D eigenvalue weighted by molar-refractivity contribution is 5.94. The van der Waals surface area contributed by atoms with Crippen molar-refractivity contribution in [3.05, 3.63) is 60.2 Å². The number of aliphatic hydroxyl groups is 2. The predicted octanol–water partition coefficient (Wildman–Crippen LogP) is 2.76. The van der Waals surface area contributed by atoms with E-state index in [1.165, 1.54) is 6.92 Å². The molecule has 10 atom stereocenters. The van der Waals surface area contributed by atoms with E-state index in [1.807, 2.05) is 51.1 Å². The molecule has 2 bridgehead atoms. The fourth-order valence-electron chi connectivity index (χ4n) is 6.68. The van der Waals surface area contributed by atoms with Crippen molar-refractivity contribution in [3.8, 4) is 0 Å². The number of carbonyl (C=O) groups is 4. The van der Waals surface area contributed by atoms with E-state index in [1.54, 1.807) is 6.08 Å².